The van der Waals surface area contributed by atoms with E-state index in [1.165, 1.54) is 36.9 Å². The molecule has 0 radical (unpaired) electrons. The molecule has 2 rings (SSSR count). The Balaban J connectivity index is 2.01. The summed E-state index contributed by atoms with van der Waals surface area (Å²) in [5.41, 5.74) is 9.18. The van der Waals surface area contributed by atoms with Gasteiger partial charge in [0.2, 0.25) is 0 Å². The van der Waals surface area contributed by atoms with Gasteiger partial charge in [-0.1, -0.05) is 32.9 Å². The van der Waals surface area contributed by atoms with Crippen molar-refractivity contribution < 1.29 is 0 Å². The van der Waals surface area contributed by atoms with Crippen LogP contribution >= 0.6 is 0 Å². The number of rotatable bonds is 4. The first-order chi connectivity index (χ1) is 9.43. The number of nitrogens with zero attached hydrogens (tertiary/aromatic N) is 1. The highest BCUT2D eigenvalue weighted by atomic mass is 15.1. The van der Waals surface area contributed by atoms with Crippen molar-refractivity contribution in [1.82, 2.24) is 0 Å². The molecule has 0 heterocycles. The third-order valence-corrected chi connectivity index (χ3v) is 5.02. The van der Waals surface area contributed by atoms with Gasteiger partial charge in [-0.2, -0.15) is 0 Å². The number of hydrogen-bond donors (Lipinski definition) is 1. The normalized spacial score (nSPS) is 20.6. The zero-order chi connectivity index (χ0) is 14.8. The Morgan fingerprint density at radius 3 is 2.25 bits per heavy atom. The first-order valence-corrected chi connectivity index (χ1v) is 8.01. The molecular formula is C18H30N2. The van der Waals surface area contributed by atoms with Crippen LogP contribution in [0.5, 0.6) is 0 Å². The maximum atomic E-state index is 6.08. The summed E-state index contributed by atoms with van der Waals surface area (Å²) in [6.07, 6.45) is 6.27. The average molecular weight is 274 g/mol. The molecular weight excluding hydrogens is 244 g/mol. The highest BCUT2D eigenvalue weighted by molar-refractivity contribution is 5.48. The lowest BCUT2D eigenvalue weighted by molar-refractivity contribution is 0.222. The van der Waals surface area contributed by atoms with Crippen molar-refractivity contribution in [3.8, 4) is 0 Å². The fraction of sp³-hybridized carbons (Fsp3) is 0.667. The van der Waals surface area contributed by atoms with E-state index in [0.29, 0.717) is 11.5 Å². The molecule has 112 valence electrons. The molecule has 2 nitrogen and oxygen atoms in total. The van der Waals surface area contributed by atoms with E-state index in [1.54, 1.807) is 0 Å². The van der Waals surface area contributed by atoms with Crippen molar-refractivity contribution in [2.24, 2.45) is 11.1 Å². The fourth-order valence-electron chi connectivity index (χ4n) is 3.17. The Labute approximate surface area is 124 Å². The molecule has 1 atom stereocenters. The van der Waals surface area contributed by atoms with Crippen LogP contribution in [0.25, 0.3) is 0 Å². The Kier molecular flexibility index (Phi) is 4.74. The number of benzene rings is 1. The molecule has 1 aromatic rings. The second-order valence-electron chi connectivity index (χ2n) is 7.11. The zero-order valence-corrected chi connectivity index (χ0v) is 13.5. The topological polar surface area (TPSA) is 29.3 Å². The number of nitrogens with two attached hydrogens (primary N) is 1. The van der Waals surface area contributed by atoms with E-state index in [0.717, 1.165) is 6.42 Å². The third kappa shape index (κ3) is 3.54. The highest BCUT2D eigenvalue weighted by Crippen LogP contribution is 2.37. The lowest BCUT2D eigenvalue weighted by atomic mass is 9.75. The van der Waals surface area contributed by atoms with Gasteiger partial charge in [-0.15, -0.1) is 0 Å². The Hall–Kier alpha value is -1.02. The van der Waals surface area contributed by atoms with Crippen LogP contribution in [0.15, 0.2) is 24.3 Å². The van der Waals surface area contributed by atoms with Crippen molar-refractivity contribution in [1.29, 1.82) is 0 Å². The summed E-state index contributed by atoms with van der Waals surface area (Å²) in [5.74, 6) is 0. The molecule has 1 aromatic carbocycles. The summed E-state index contributed by atoms with van der Waals surface area (Å²) < 4.78 is 0. The van der Waals surface area contributed by atoms with Crippen LogP contribution in [0, 0.1) is 5.41 Å². The van der Waals surface area contributed by atoms with Gasteiger partial charge in [0.15, 0.2) is 0 Å². The molecule has 0 bridgehead atoms. The average Bonchev–Trinajstić information content (AvgIpc) is 2.46. The maximum Gasteiger partial charge on any atom is 0.0366 e. The van der Waals surface area contributed by atoms with Gasteiger partial charge in [0.25, 0.3) is 0 Å². The van der Waals surface area contributed by atoms with Crippen molar-refractivity contribution in [2.45, 2.75) is 65.0 Å². The van der Waals surface area contributed by atoms with Crippen LogP contribution < -0.4 is 10.6 Å². The number of hydrogen-bond acceptors (Lipinski definition) is 2. The minimum atomic E-state index is 0.171. The van der Waals surface area contributed by atoms with Gasteiger partial charge in [0, 0.05) is 24.8 Å². The van der Waals surface area contributed by atoms with Gasteiger partial charge in [-0.3, -0.25) is 0 Å². The highest BCUT2D eigenvalue weighted by Gasteiger charge is 2.28. The molecule has 20 heavy (non-hydrogen) atoms. The molecule has 2 N–H and O–H groups in total. The molecule has 0 unspecified atom stereocenters. The molecule has 0 saturated heterocycles. The fourth-order valence-corrected chi connectivity index (χ4v) is 3.17. The zero-order valence-electron chi connectivity index (χ0n) is 13.5. The molecule has 1 aliphatic rings. The van der Waals surface area contributed by atoms with Crippen LogP contribution in [-0.2, 0) is 0 Å². The minimum Gasteiger partial charge on any atom is -0.372 e. The molecule has 0 aliphatic heterocycles. The van der Waals surface area contributed by atoms with Gasteiger partial charge < -0.3 is 10.6 Å². The van der Waals surface area contributed by atoms with E-state index in [1.807, 2.05) is 0 Å². The van der Waals surface area contributed by atoms with Gasteiger partial charge in [0.1, 0.15) is 0 Å². The predicted molar refractivity (Wildman–Crippen MR) is 88.1 cm³/mol. The van der Waals surface area contributed by atoms with E-state index in [2.05, 4.69) is 57.0 Å². The SMILES string of the molecule is CC[C@H](N)c1ccc(N(C)C2CCC(C)(C)CC2)cc1. The van der Waals surface area contributed by atoms with E-state index >= 15 is 0 Å². The van der Waals surface area contributed by atoms with Crippen molar-refractivity contribution >= 4 is 5.69 Å². The maximum absolute atomic E-state index is 6.08. The van der Waals surface area contributed by atoms with E-state index in [4.69, 9.17) is 5.73 Å². The second-order valence-corrected chi connectivity index (χ2v) is 7.11. The van der Waals surface area contributed by atoms with Gasteiger partial charge in [-0.05, 0) is 55.2 Å². The standard InChI is InChI=1S/C18H30N2/c1-5-17(19)14-6-8-15(9-7-14)20(4)16-10-12-18(2,3)13-11-16/h6-9,16-17H,5,10-13,19H2,1-4H3/t17-/m0/s1. The first kappa shape index (κ1) is 15.4. The summed E-state index contributed by atoms with van der Waals surface area (Å²) in [4.78, 5) is 2.45. The van der Waals surface area contributed by atoms with Crippen LogP contribution in [0.2, 0.25) is 0 Å². The molecule has 0 spiro atoms. The van der Waals surface area contributed by atoms with Gasteiger partial charge in [-0.25, -0.2) is 0 Å². The lowest BCUT2D eigenvalue weighted by Crippen LogP contribution is -2.37. The van der Waals surface area contributed by atoms with Crippen molar-refractivity contribution in [3.63, 3.8) is 0 Å². The largest absolute Gasteiger partial charge is 0.372 e. The van der Waals surface area contributed by atoms with Crippen LogP contribution in [-0.4, -0.2) is 13.1 Å². The smallest absolute Gasteiger partial charge is 0.0366 e. The summed E-state index contributed by atoms with van der Waals surface area (Å²) >= 11 is 0. The van der Waals surface area contributed by atoms with E-state index < -0.39 is 0 Å². The Morgan fingerprint density at radius 2 is 1.75 bits per heavy atom. The lowest BCUT2D eigenvalue weighted by Gasteiger charge is -2.39. The minimum absolute atomic E-state index is 0.171. The molecule has 2 heteroatoms. The molecule has 1 aliphatic carbocycles. The Bertz CT molecular complexity index is 412. The van der Waals surface area contributed by atoms with Gasteiger partial charge in [0.05, 0.1) is 0 Å². The van der Waals surface area contributed by atoms with Gasteiger partial charge >= 0.3 is 0 Å². The van der Waals surface area contributed by atoms with Crippen LogP contribution in [0.3, 0.4) is 0 Å². The van der Waals surface area contributed by atoms with Crippen LogP contribution in [0.1, 0.15) is 64.5 Å². The second kappa shape index (κ2) is 6.17. The summed E-state index contributed by atoms with van der Waals surface area (Å²) in [6.45, 7) is 6.92. The molecule has 1 saturated carbocycles. The molecule has 1 fully saturated rings. The monoisotopic (exact) mass is 274 g/mol. The van der Waals surface area contributed by atoms with E-state index in [-0.39, 0.29) is 6.04 Å². The summed E-state index contributed by atoms with van der Waals surface area (Å²) in [7, 11) is 2.23. The summed E-state index contributed by atoms with van der Waals surface area (Å²) in [5, 5.41) is 0. The first-order valence-electron chi connectivity index (χ1n) is 8.01. The quantitative estimate of drug-likeness (QED) is 0.875. The Morgan fingerprint density at radius 1 is 1.20 bits per heavy atom. The van der Waals surface area contributed by atoms with Crippen molar-refractivity contribution in [3.05, 3.63) is 29.8 Å². The molecule has 0 amide bonds. The van der Waals surface area contributed by atoms with E-state index in [9.17, 15) is 0 Å². The molecule has 0 aromatic heterocycles. The number of anilines is 1. The van der Waals surface area contributed by atoms with Crippen molar-refractivity contribution in [2.75, 3.05) is 11.9 Å². The third-order valence-electron chi connectivity index (χ3n) is 5.02. The summed E-state index contributed by atoms with van der Waals surface area (Å²) in [6, 6.07) is 9.69. The predicted octanol–water partition coefficient (Wildman–Crippen LogP) is 4.50. The van der Waals surface area contributed by atoms with Crippen LogP contribution in [0.4, 0.5) is 5.69 Å².